The Bertz CT molecular complexity index is 390. The predicted molar refractivity (Wildman–Crippen MR) is 82.4 cm³/mol. The average Bonchev–Trinajstić information content (AvgIpc) is 2.42. The fourth-order valence-electron chi connectivity index (χ4n) is 3.36. The van der Waals surface area contributed by atoms with Gasteiger partial charge in [0, 0.05) is 23.7 Å². The van der Waals surface area contributed by atoms with Crippen molar-refractivity contribution in [1.82, 2.24) is 4.90 Å². The molecule has 1 aromatic carbocycles. The molecule has 3 atom stereocenters. The Morgan fingerprint density at radius 3 is 2.47 bits per heavy atom. The molecule has 2 N–H and O–H groups in total. The lowest BCUT2D eigenvalue weighted by atomic mass is 9.84. The van der Waals surface area contributed by atoms with Gasteiger partial charge in [0.05, 0.1) is 0 Å². The molecular formula is C16H25ClN2. The lowest BCUT2D eigenvalue weighted by Crippen LogP contribution is -2.43. The van der Waals surface area contributed by atoms with Crippen molar-refractivity contribution in [2.24, 2.45) is 11.7 Å². The maximum absolute atomic E-state index is 6.02. The standard InChI is InChI=1S/C16H25ClN2/c1-12-5-3-4-6-15(12)19(2)16(11-18)13-7-9-14(17)10-8-13/h7-10,12,15-16H,3-6,11,18H2,1-2H3. The molecule has 2 nitrogen and oxygen atoms in total. The van der Waals surface area contributed by atoms with Crippen molar-refractivity contribution in [1.29, 1.82) is 0 Å². The molecular weight excluding hydrogens is 256 g/mol. The number of likely N-dealkylation sites (N-methyl/N-ethyl adjacent to an activating group) is 1. The molecule has 3 unspecified atom stereocenters. The highest BCUT2D eigenvalue weighted by molar-refractivity contribution is 6.30. The highest BCUT2D eigenvalue weighted by Gasteiger charge is 2.29. The van der Waals surface area contributed by atoms with E-state index in [-0.39, 0.29) is 0 Å². The van der Waals surface area contributed by atoms with E-state index in [0.717, 1.165) is 10.9 Å². The summed E-state index contributed by atoms with van der Waals surface area (Å²) in [4.78, 5) is 2.48. The van der Waals surface area contributed by atoms with Crippen LogP contribution in [0.2, 0.25) is 5.02 Å². The summed E-state index contributed by atoms with van der Waals surface area (Å²) >= 11 is 5.97. The molecule has 0 spiro atoms. The summed E-state index contributed by atoms with van der Waals surface area (Å²) in [7, 11) is 2.22. The second kappa shape index (κ2) is 6.74. The van der Waals surface area contributed by atoms with Crippen molar-refractivity contribution in [3.63, 3.8) is 0 Å². The van der Waals surface area contributed by atoms with Gasteiger partial charge in [-0.3, -0.25) is 4.90 Å². The summed E-state index contributed by atoms with van der Waals surface area (Å²) < 4.78 is 0. The van der Waals surface area contributed by atoms with E-state index in [1.807, 2.05) is 12.1 Å². The number of nitrogens with zero attached hydrogens (tertiary/aromatic N) is 1. The van der Waals surface area contributed by atoms with E-state index in [1.54, 1.807) is 0 Å². The molecule has 19 heavy (non-hydrogen) atoms. The van der Waals surface area contributed by atoms with Crippen LogP contribution >= 0.6 is 11.6 Å². The van der Waals surface area contributed by atoms with Crippen LogP contribution in [0.3, 0.4) is 0 Å². The number of benzene rings is 1. The van der Waals surface area contributed by atoms with Crippen LogP contribution in [-0.4, -0.2) is 24.5 Å². The van der Waals surface area contributed by atoms with E-state index in [1.165, 1.54) is 31.2 Å². The van der Waals surface area contributed by atoms with Gasteiger partial charge in [-0.25, -0.2) is 0 Å². The Morgan fingerprint density at radius 2 is 1.89 bits per heavy atom. The summed E-state index contributed by atoms with van der Waals surface area (Å²) in [5.74, 6) is 0.764. The molecule has 3 heteroatoms. The van der Waals surface area contributed by atoms with Gasteiger partial charge in [0.25, 0.3) is 0 Å². The lowest BCUT2D eigenvalue weighted by Gasteiger charge is -2.40. The topological polar surface area (TPSA) is 29.3 Å². The zero-order chi connectivity index (χ0) is 13.8. The van der Waals surface area contributed by atoms with Crippen molar-refractivity contribution in [2.75, 3.05) is 13.6 Å². The molecule has 2 rings (SSSR count). The third-order valence-electron chi connectivity index (χ3n) is 4.56. The highest BCUT2D eigenvalue weighted by atomic mass is 35.5. The van der Waals surface area contributed by atoms with Gasteiger partial charge in [-0.15, -0.1) is 0 Å². The van der Waals surface area contributed by atoms with Gasteiger partial charge in [-0.2, -0.15) is 0 Å². The van der Waals surface area contributed by atoms with E-state index in [9.17, 15) is 0 Å². The van der Waals surface area contributed by atoms with Gasteiger partial charge in [0.2, 0.25) is 0 Å². The minimum Gasteiger partial charge on any atom is -0.329 e. The Balaban J connectivity index is 2.13. The fourth-order valence-corrected chi connectivity index (χ4v) is 3.48. The average molecular weight is 281 g/mol. The van der Waals surface area contributed by atoms with E-state index >= 15 is 0 Å². The number of nitrogens with two attached hydrogens (primary N) is 1. The van der Waals surface area contributed by atoms with Crippen LogP contribution < -0.4 is 5.73 Å². The van der Waals surface area contributed by atoms with Crippen LogP contribution in [0.25, 0.3) is 0 Å². The monoisotopic (exact) mass is 280 g/mol. The van der Waals surface area contributed by atoms with Gasteiger partial charge >= 0.3 is 0 Å². The molecule has 1 aliphatic rings. The maximum Gasteiger partial charge on any atom is 0.0470 e. The van der Waals surface area contributed by atoms with Gasteiger partial charge in [-0.1, -0.05) is 43.5 Å². The minimum absolute atomic E-state index is 0.294. The quantitative estimate of drug-likeness (QED) is 0.908. The Hall–Kier alpha value is -0.570. The van der Waals surface area contributed by atoms with Crippen molar-refractivity contribution < 1.29 is 0 Å². The predicted octanol–water partition coefficient (Wildman–Crippen LogP) is 3.85. The smallest absolute Gasteiger partial charge is 0.0470 e. The number of hydrogen-bond acceptors (Lipinski definition) is 2. The van der Waals surface area contributed by atoms with Gasteiger partial charge < -0.3 is 5.73 Å². The van der Waals surface area contributed by atoms with E-state index in [0.29, 0.717) is 18.6 Å². The van der Waals surface area contributed by atoms with Crippen LogP contribution in [-0.2, 0) is 0 Å². The lowest BCUT2D eigenvalue weighted by molar-refractivity contribution is 0.0992. The van der Waals surface area contributed by atoms with Gasteiger partial charge in [0.1, 0.15) is 0 Å². The Morgan fingerprint density at radius 1 is 1.26 bits per heavy atom. The van der Waals surface area contributed by atoms with E-state index < -0.39 is 0 Å². The van der Waals surface area contributed by atoms with Gasteiger partial charge in [0.15, 0.2) is 0 Å². The molecule has 0 aliphatic heterocycles. The van der Waals surface area contributed by atoms with Crippen LogP contribution in [0.15, 0.2) is 24.3 Å². The van der Waals surface area contributed by atoms with E-state index in [2.05, 4.69) is 31.0 Å². The first kappa shape index (κ1) is 14.8. The second-order valence-electron chi connectivity index (χ2n) is 5.80. The molecule has 1 saturated carbocycles. The van der Waals surface area contributed by atoms with Crippen LogP contribution in [0.4, 0.5) is 0 Å². The van der Waals surface area contributed by atoms with Crippen molar-refractivity contribution in [2.45, 2.75) is 44.7 Å². The zero-order valence-electron chi connectivity index (χ0n) is 12.0. The molecule has 1 aromatic rings. The molecule has 0 saturated heterocycles. The molecule has 0 bridgehead atoms. The first-order chi connectivity index (χ1) is 9.13. The minimum atomic E-state index is 0.294. The molecule has 1 fully saturated rings. The molecule has 0 amide bonds. The second-order valence-corrected chi connectivity index (χ2v) is 6.23. The largest absolute Gasteiger partial charge is 0.329 e. The highest BCUT2D eigenvalue weighted by Crippen LogP contribution is 2.32. The normalized spacial score (nSPS) is 25.5. The van der Waals surface area contributed by atoms with Crippen LogP contribution in [0.5, 0.6) is 0 Å². The van der Waals surface area contributed by atoms with Crippen LogP contribution in [0.1, 0.15) is 44.2 Å². The molecule has 106 valence electrons. The molecule has 0 radical (unpaired) electrons. The maximum atomic E-state index is 6.02. The van der Waals surface area contributed by atoms with Gasteiger partial charge in [-0.05, 0) is 43.5 Å². The SMILES string of the molecule is CC1CCCCC1N(C)C(CN)c1ccc(Cl)cc1. The molecule has 0 aromatic heterocycles. The first-order valence-electron chi connectivity index (χ1n) is 7.31. The summed E-state index contributed by atoms with van der Waals surface area (Å²) in [6.07, 6.45) is 5.35. The molecule has 1 aliphatic carbocycles. The van der Waals surface area contributed by atoms with E-state index in [4.69, 9.17) is 17.3 Å². The summed E-state index contributed by atoms with van der Waals surface area (Å²) in [5, 5.41) is 0.785. The third-order valence-corrected chi connectivity index (χ3v) is 4.81. The Labute approximate surface area is 121 Å². The number of halogens is 1. The number of hydrogen-bond donors (Lipinski definition) is 1. The zero-order valence-corrected chi connectivity index (χ0v) is 12.7. The fraction of sp³-hybridized carbons (Fsp3) is 0.625. The number of rotatable bonds is 4. The summed E-state index contributed by atoms with van der Waals surface area (Å²) in [6.45, 7) is 3.02. The van der Waals surface area contributed by atoms with Crippen molar-refractivity contribution in [3.05, 3.63) is 34.9 Å². The molecule has 0 heterocycles. The van der Waals surface area contributed by atoms with Crippen LogP contribution in [0, 0.1) is 5.92 Å². The van der Waals surface area contributed by atoms with Crippen molar-refractivity contribution >= 4 is 11.6 Å². The van der Waals surface area contributed by atoms with Crippen molar-refractivity contribution in [3.8, 4) is 0 Å². The first-order valence-corrected chi connectivity index (χ1v) is 7.68. The summed E-state index contributed by atoms with van der Waals surface area (Å²) in [6, 6.07) is 9.06. The third kappa shape index (κ3) is 3.50. The Kier molecular flexibility index (Phi) is 5.26. The summed E-state index contributed by atoms with van der Waals surface area (Å²) in [5.41, 5.74) is 7.29.